The van der Waals surface area contributed by atoms with Crippen LogP contribution >= 0.6 is 15.9 Å². The molecular formula is C34H27BrF3N7O3. The first-order chi connectivity index (χ1) is 22.9. The van der Waals surface area contributed by atoms with Gasteiger partial charge in [-0.1, -0.05) is 46.3 Å². The normalized spacial score (nSPS) is 14.8. The Hall–Kier alpha value is -5.24. The number of hydrogen-bond donors (Lipinski definition) is 1. The zero-order chi connectivity index (χ0) is 33.9. The number of aryl methyl sites for hydroxylation is 1. The molecule has 3 aromatic carbocycles. The highest BCUT2D eigenvalue weighted by Crippen LogP contribution is 2.36. The number of halogens is 4. The van der Waals surface area contributed by atoms with E-state index in [2.05, 4.69) is 26.0 Å². The fraction of sp³-hybridized carbons (Fsp3) is 0.206. The summed E-state index contributed by atoms with van der Waals surface area (Å²) < 4.78 is 45.3. The quantitative estimate of drug-likeness (QED) is 0.252. The summed E-state index contributed by atoms with van der Waals surface area (Å²) in [6.45, 7) is 1.74. The predicted octanol–water partition coefficient (Wildman–Crippen LogP) is 5.53. The Morgan fingerprint density at radius 1 is 1.04 bits per heavy atom. The van der Waals surface area contributed by atoms with Crippen LogP contribution in [0.4, 0.5) is 13.2 Å². The number of benzene rings is 3. The summed E-state index contributed by atoms with van der Waals surface area (Å²) in [5, 5.41) is 8.90. The van der Waals surface area contributed by atoms with Crippen LogP contribution in [0.3, 0.4) is 0 Å². The monoisotopic (exact) mass is 717 g/mol. The van der Waals surface area contributed by atoms with Crippen LogP contribution in [0, 0.1) is 0 Å². The number of amides is 1. The molecule has 1 aliphatic rings. The molecule has 244 valence electrons. The number of carbonyl (C=O) groups excluding carboxylic acids is 1. The molecule has 1 amide bonds. The van der Waals surface area contributed by atoms with Crippen molar-refractivity contribution in [1.29, 1.82) is 0 Å². The summed E-state index contributed by atoms with van der Waals surface area (Å²) in [7, 11) is 1.54. The van der Waals surface area contributed by atoms with E-state index in [-0.39, 0.29) is 34.3 Å². The smallest absolute Gasteiger partial charge is 0.330 e. The Balaban J connectivity index is 1.35. The highest BCUT2D eigenvalue weighted by Gasteiger charge is 2.36. The van der Waals surface area contributed by atoms with Gasteiger partial charge in [-0.15, -0.1) is 0 Å². The molecule has 1 aliphatic heterocycles. The first-order valence-corrected chi connectivity index (χ1v) is 15.8. The number of nitrogens with one attached hydrogen (secondary N) is 1. The van der Waals surface area contributed by atoms with Gasteiger partial charge < -0.3 is 4.90 Å². The molecule has 0 saturated heterocycles. The van der Waals surface area contributed by atoms with E-state index in [1.54, 1.807) is 53.5 Å². The molecule has 0 bridgehead atoms. The number of alkyl halides is 3. The molecule has 4 heterocycles. The minimum Gasteiger partial charge on any atom is -0.330 e. The third-order valence-electron chi connectivity index (χ3n) is 8.63. The molecule has 10 nitrogen and oxygen atoms in total. The van der Waals surface area contributed by atoms with E-state index in [4.69, 9.17) is 5.10 Å². The molecule has 48 heavy (non-hydrogen) atoms. The number of carbonyl (C=O) groups is 1. The minimum absolute atomic E-state index is 0.0300. The first-order valence-electron chi connectivity index (χ1n) is 15.0. The van der Waals surface area contributed by atoms with Gasteiger partial charge in [0, 0.05) is 46.2 Å². The number of rotatable bonds is 5. The number of H-pyrrole nitrogens is 1. The maximum absolute atomic E-state index is 14.4. The van der Waals surface area contributed by atoms with Gasteiger partial charge >= 0.3 is 11.9 Å². The lowest BCUT2D eigenvalue weighted by molar-refractivity contribution is -0.138. The fourth-order valence-corrected chi connectivity index (χ4v) is 6.65. The molecule has 3 aromatic heterocycles. The highest BCUT2D eigenvalue weighted by atomic mass is 79.9. The molecular weight excluding hydrogens is 691 g/mol. The molecule has 0 unspecified atom stereocenters. The van der Waals surface area contributed by atoms with Crippen LogP contribution < -0.4 is 11.2 Å². The number of fused-ring (bicyclic) bond motifs is 3. The van der Waals surface area contributed by atoms with E-state index < -0.39 is 23.7 Å². The van der Waals surface area contributed by atoms with Gasteiger partial charge in [-0.3, -0.25) is 19.1 Å². The molecule has 0 fully saturated rings. The van der Waals surface area contributed by atoms with Gasteiger partial charge in [-0.2, -0.15) is 23.4 Å². The average molecular weight is 719 g/mol. The molecule has 1 atom stereocenters. The zero-order valence-corrected chi connectivity index (χ0v) is 27.2. The van der Waals surface area contributed by atoms with Crippen LogP contribution in [0.1, 0.15) is 45.2 Å². The van der Waals surface area contributed by atoms with E-state index in [1.165, 1.54) is 21.7 Å². The maximum Gasteiger partial charge on any atom is 0.417 e. The van der Waals surface area contributed by atoms with Crippen molar-refractivity contribution in [2.75, 3.05) is 0 Å². The molecule has 0 saturated carbocycles. The second-order valence-corrected chi connectivity index (χ2v) is 12.6. The summed E-state index contributed by atoms with van der Waals surface area (Å²) in [6.07, 6.45) is -2.32. The topological polar surface area (TPSA) is 110 Å². The summed E-state index contributed by atoms with van der Waals surface area (Å²) in [5.41, 5.74) is 2.75. The van der Waals surface area contributed by atoms with Crippen molar-refractivity contribution >= 4 is 27.5 Å². The molecule has 0 aliphatic carbocycles. The van der Waals surface area contributed by atoms with Crippen molar-refractivity contribution in [3.05, 3.63) is 138 Å². The predicted molar refractivity (Wildman–Crippen MR) is 175 cm³/mol. The Morgan fingerprint density at radius 3 is 2.44 bits per heavy atom. The van der Waals surface area contributed by atoms with Crippen LogP contribution in [0.5, 0.6) is 0 Å². The lowest BCUT2D eigenvalue weighted by atomic mass is 9.97. The van der Waals surface area contributed by atoms with E-state index in [1.807, 2.05) is 30.3 Å². The second kappa shape index (κ2) is 11.8. The van der Waals surface area contributed by atoms with Crippen LogP contribution in [-0.2, 0) is 32.6 Å². The van der Waals surface area contributed by atoms with E-state index >= 15 is 0 Å². The number of aromatic nitrogens is 6. The van der Waals surface area contributed by atoms with Crippen molar-refractivity contribution in [2.45, 2.75) is 38.5 Å². The van der Waals surface area contributed by atoms with E-state index in [9.17, 15) is 27.6 Å². The van der Waals surface area contributed by atoms with E-state index in [0.29, 0.717) is 40.4 Å². The van der Waals surface area contributed by atoms with Crippen LogP contribution in [-0.4, -0.2) is 45.8 Å². The van der Waals surface area contributed by atoms with Gasteiger partial charge in [0.25, 0.3) is 11.5 Å². The first kappa shape index (κ1) is 31.4. The van der Waals surface area contributed by atoms with Gasteiger partial charge in [0.1, 0.15) is 5.65 Å². The van der Waals surface area contributed by atoms with Gasteiger partial charge in [0.05, 0.1) is 29.7 Å². The number of nitrogens with zero attached hydrogens (tertiary/aromatic N) is 6. The largest absolute Gasteiger partial charge is 0.417 e. The zero-order valence-electron chi connectivity index (χ0n) is 25.6. The van der Waals surface area contributed by atoms with Crippen molar-refractivity contribution in [3.63, 3.8) is 0 Å². The van der Waals surface area contributed by atoms with Crippen molar-refractivity contribution < 1.29 is 18.0 Å². The Kier molecular flexibility index (Phi) is 7.69. The highest BCUT2D eigenvalue weighted by molar-refractivity contribution is 9.10. The third-order valence-corrected chi connectivity index (χ3v) is 9.32. The van der Waals surface area contributed by atoms with Crippen LogP contribution in [0.15, 0.2) is 93.1 Å². The Labute approximate surface area is 279 Å². The van der Waals surface area contributed by atoms with Gasteiger partial charge in [-0.25, -0.2) is 14.0 Å². The van der Waals surface area contributed by atoms with Gasteiger partial charge in [0.15, 0.2) is 5.82 Å². The van der Waals surface area contributed by atoms with Crippen molar-refractivity contribution in [3.8, 4) is 17.1 Å². The molecule has 6 aromatic rings. The second-order valence-electron chi connectivity index (χ2n) is 11.8. The van der Waals surface area contributed by atoms with Crippen LogP contribution in [0.25, 0.3) is 22.7 Å². The Bertz CT molecular complexity index is 2320. The summed E-state index contributed by atoms with van der Waals surface area (Å²) in [6, 6.07) is 19.7. The van der Waals surface area contributed by atoms with Crippen molar-refractivity contribution in [2.24, 2.45) is 7.05 Å². The average Bonchev–Trinajstić information content (AvgIpc) is 3.63. The lowest BCUT2D eigenvalue weighted by Crippen LogP contribution is -2.46. The maximum atomic E-state index is 14.4. The number of aromatic amines is 1. The standard InChI is InChI=1S/C34H27BrF3N7O3/c1-19-14-25-28(18-43(19)31(46)22-10-13-27(35)26(16-22)34(36,37)38)45-30(23(17-39-45)15-20-6-4-3-5-7-20)44(32(25)47)24-11-8-21(9-12-24)29-40-33(48)42(2)41-29/h3-13,16-17,19H,14-15,18H2,1-2H3,(H,40,41,48)/t19-/m1/s1. The van der Waals surface area contributed by atoms with Crippen LogP contribution in [0.2, 0.25) is 0 Å². The third kappa shape index (κ3) is 5.45. The van der Waals surface area contributed by atoms with E-state index in [0.717, 1.165) is 17.2 Å². The molecule has 14 heteroatoms. The SMILES string of the molecule is C[C@@H]1Cc2c(n3ncc(Cc4ccccc4)c3n(-c3ccc(-c4nn(C)c(=O)[nH]4)cc3)c2=O)CN1C(=O)c1ccc(Br)c(C(F)(F)F)c1. The summed E-state index contributed by atoms with van der Waals surface area (Å²) in [4.78, 5) is 44.3. The molecule has 0 radical (unpaired) electrons. The number of hydrogen-bond acceptors (Lipinski definition) is 5. The summed E-state index contributed by atoms with van der Waals surface area (Å²) in [5.74, 6) is -0.193. The summed E-state index contributed by atoms with van der Waals surface area (Å²) >= 11 is 2.94. The van der Waals surface area contributed by atoms with Gasteiger partial charge in [0.2, 0.25) is 0 Å². The molecule has 0 spiro atoms. The fourth-order valence-electron chi connectivity index (χ4n) is 6.18. The minimum atomic E-state index is -4.65. The lowest BCUT2D eigenvalue weighted by Gasteiger charge is -2.35. The molecule has 1 N–H and O–H groups in total. The van der Waals surface area contributed by atoms with Gasteiger partial charge in [-0.05, 0) is 61.4 Å². The van der Waals surface area contributed by atoms with Crippen molar-refractivity contribution in [1.82, 2.24) is 33.8 Å². The Morgan fingerprint density at radius 2 is 1.77 bits per heavy atom. The molecule has 7 rings (SSSR count).